The van der Waals surface area contributed by atoms with Gasteiger partial charge in [0.05, 0.1) is 5.69 Å². The molecule has 2 N–H and O–H groups in total. The highest BCUT2D eigenvalue weighted by Crippen LogP contribution is 2.20. The van der Waals surface area contributed by atoms with Gasteiger partial charge in [-0.25, -0.2) is 4.39 Å². The first-order valence-electron chi connectivity index (χ1n) is 7.38. The molecule has 1 amide bonds. The molecular formula is C18H16FN3O. The van der Waals surface area contributed by atoms with E-state index in [1.54, 1.807) is 18.2 Å². The average molecular weight is 309 g/mol. The van der Waals surface area contributed by atoms with Gasteiger partial charge in [-0.15, -0.1) is 0 Å². The number of rotatable bonds is 4. The van der Waals surface area contributed by atoms with Crippen molar-refractivity contribution in [1.29, 1.82) is 0 Å². The maximum Gasteiger partial charge on any atom is 0.273 e. The topological polar surface area (TPSA) is 57.8 Å². The number of nitrogens with one attached hydrogen (secondary N) is 2. The number of nitrogens with zero attached hydrogens (tertiary/aromatic N) is 1. The number of aryl methyl sites for hydroxylation is 1. The number of carbonyl (C=O) groups is 1. The van der Waals surface area contributed by atoms with Crippen LogP contribution in [0.3, 0.4) is 0 Å². The van der Waals surface area contributed by atoms with Gasteiger partial charge in [-0.2, -0.15) is 5.10 Å². The predicted octanol–water partition coefficient (Wildman–Crippen LogP) is 4.03. The highest BCUT2D eigenvalue weighted by Gasteiger charge is 2.12. The van der Waals surface area contributed by atoms with Crippen LogP contribution in [0.4, 0.5) is 10.1 Å². The van der Waals surface area contributed by atoms with E-state index in [1.807, 2.05) is 31.2 Å². The molecule has 4 nitrogen and oxygen atoms in total. The van der Waals surface area contributed by atoms with Crippen molar-refractivity contribution in [3.05, 3.63) is 71.7 Å². The highest BCUT2D eigenvalue weighted by molar-refractivity contribution is 6.03. The number of hydrogen-bond donors (Lipinski definition) is 2. The van der Waals surface area contributed by atoms with Crippen LogP contribution in [-0.4, -0.2) is 16.1 Å². The second kappa shape index (κ2) is 6.44. The third-order valence-electron chi connectivity index (χ3n) is 3.61. The molecule has 0 aliphatic carbocycles. The number of carbonyl (C=O) groups excluding carboxylic acids is 1. The maximum absolute atomic E-state index is 13.0. The summed E-state index contributed by atoms with van der Waals surface area (Å²) < 4.78 is 13.0. The summed E-state index contributed by atoms with van der Waals surface area (Å²) in [5.74, 6) is -0.565. The van der Waals surface area contributed by atoms with E-state index in [0.717, 1.165) is 23.2 Å². The number of anilines is 1. The molecule has 116 valence electrons. The Morgan fingerprint density at radius 3 is 2.65 bits per heavy atom. The summed E-state index contributed by atoms with van der Waals surface area (Å²) in [6.45, 7) is 2.04. The number of halogens is 1. The maximum atomic E-state index is 13.0. The van der Waals surface area contributed by atoms with Crippen LogP contribution in [0.1, 0.15) is 23.0 Å². The fourth-order valence-corrected chi connectivity index (χ4v) is 2.35. The first-order chi connectivity index (χ1) is 11.2. The van der Waals surface area contributed by atoms with Crippen molar-refractivity contribution >= 4 is 11.6 Å². The number of hydrogen-bond acceptors (Lipinski definition) is 2. The number of amides is 1. The van der Waals surface area contributed by atoms with Crippen molar-refractivity contribution in [2.45, 2.75) is 13.3 Å². The van der Waals surface area contributed by atoms with E-state index >= 15 is 0 Å². The average Bonchev–Trinajstić information content (AvgIpc) is 3.06. The van der Waals surface area contributed by atoms with Crippen LogP contribution in [0, 0.1) is 5.82 Å². The van der Waals surface area contributed by atoms with Gasteiger partial charge in [-0.1, -0.05) is 25.1 Å². The fraction of sp³-hybridized carbons (Fsp3) is 0.111. The lowest BCUT2D eigenvalue weighted by Crippen LogP contribution is -2.13. The van der Waals surface area contributed by atoms with Gasteiger partial charge >= 0.3 is 0 Å². The number of benzene rings is 2. The second-order valence-corrected chi connectivity index (χ2v) is 5.14. The van der Waals surface area contributed by atoms with Gasteiger partial charge in [-0.3, -0.25) is 9.89 Å². The molecule has 0 aliphatic rings. The van der Waals surface area contributed by atoms with Crippen molar-refractivity contribution in [2.75, 3.05) is 5.32 Å². The van der Waals surface area contributed by atoms with Crippen molar-refractivity contribution in [3.8, 4) is 11.3 Å². The van der Waals surface area contributed by atoms with E-state index in [1.165, 1.54) is 12.1 Å². The van der Waals surface area contributed by atoms with E-state index < -0.39 is 0 Å². The van der Waals surface area contributed by atoms with Gasteiger partial charge in [0.25, 0.3) is 5.91 Å². The monoisotopic (exact) mass is 309 g/mol. The zero-order valence-electron chi connectivity index (χ0n) is 12.6. The summed E-state index contributed by atoms with van der Waals surface area (Å²) in [6.07, 6.45) is 0.834. The van der Waals surface area contributed by atoms with Crippen LogP contribution in [0.25, 0.3) is 11.3 Å². The van der Waals surface area contributed by atoms with Gasteiger partial charge in [0, 0.05) is 11.3 Å². The minimum absolute atomic E-state index is 0.258. The molecule has 0 aliphatic heterocycles. The first-order valence-corrected chi connectivity index (χ1v) is 7.38. The van der Waals surface area contributed by atoms with Gasteiger partial charge < -0.3 is 5.32 Å². The SMILES string of the molecule is CCc1ccccc1NC(=O)c1cc(-c2ccc(F)cc2)n[nH]1. The molecular weight excluding hydrogens is 293 g/mol. The Kier molecular flexibility index (Phi) is 4.19. The van der Waals surface area contributed by atoms with Gasteiger partial charge in [0.2, 0.25) is 0 Å². The Bertz CT molecular complexity index is 824. The lowest BCUT2D eigenvalue weighted by molar-refractivity contribution is 0.102. The Hall–Kier alpha value is -2.95. The molecule has 0 bridgehead atoms. The summed E-state index contributed by atoms with van der Waals surface area (Å²) >= 11 is 0. The lowest BCUT2D eigenvalue weighted by atomic mass is 10.1. The second-order valence-electron chi connectivity index (χ2n) is 5.14. The van der Waals surface area contributed by atoms with E-state index in [2.05, 4.69) is 15.5 Å². The third kappa shape index (κ3) is 3.29. The Morgan fingerprint density at radius 2 is 1.91 bits per heavy atom. The van der Waals surface area contributed by atoms with Crippen LogP contribution in [0.2, 0.25) is 0 Å². The van der Waals surface area contributed by atoms with E-state index in [9.17, 15) is 9.18 Å². The summed E-state index contributed by atoms with van der Waals surface area (Å²) in [6, 6.07) is 15.3. The van der Waals surface area contributed by atoms with Crippen LogP contribution in [0.15, 0.2) is 54.6 Å². The molecule has 0 saturated carbocycles. The van der Waals surface area contributed by atoms with E-state index in [-0.39, 0.29) is 11.7 Å². The van der Waals surface area contributed by atoms with Gasteiger partial charge in [-0.05, 0) is 48.4 Å². The number of aromatic nitrogens is 2. The Morgan fingerprint density at radius 1 is 1.17 bits per heavy atom. The first kappa shape index (κ1) is 15.0. The van der Waals surface area contributed by atoms with E-state index in [4.69, 9.17) is 0 Å². The molecule has 0 radical (unpaired) electrons. The molecule has 23 heavy (non-hydrogen) atoms. The molecule has 2 aromatic carbocycles. The van der Waals surface area contributed by atoms with Crippen molar-refractivity contribution in [1.82, 2.24) is 10.2 Å². The molecule has 5 heteroatoms. The minimum atomic E-state index is -0.307. The number of para-hydroxylation sites is 1. The summed E-state index contributed by atoms with van der Waals surface area (Å²) in [4.78, 5) is 12.3. The lowest BCUT2D eigenvalue weighted by Gasteiger charge is -2.08. The zero-order chi connectivity index (χ0) is 16.2. The number of aromatic amines is 1. The molecule has 0 atom stereocenters. The van der Waals surface area contributed by atoms with Crippen LogP contribution < -0.4 is 5.32 Å². The van der Waals surface area contributed by atoms with Crippen LogP contribution in [-0.2, 0) is 6.42 Å². The van der Waals surface area contributed by atoms with Crippen LogP contribution in [0.5, 0.6) is 0 Å². The number of H-pyrrole nitrogens is 1. The molecule has 0 spiro atoms. The van der Waals surface area contributed by atoms with E-state index in [0.29, 0.717) is 11.4 Å². The minimum Gasteiger partial charge on any atom is -0.320 e. The smallest absolute Gasteiger partial charge is 0.273 e. The zero-order valence-corrected chi connectivity index (χ0v) is 12.6. The molecule has 3 rings (SSSR count). The molecule has 1 aromatic heterocycles. The van der Waals surface area contributed by atoms with Crippen molar-refractivity contribution in [2.24, 2.45) is 0 Å². The summed E-state index contributed by atoms with van der Waals surface area (Å²) in [5, 5.41) is 9.72. The molecule has 0 fully saturated rings. The molecule has 1 heterocycles. The summed E-state index contributed by atoms with van der Waals surface area (Å²) in [7, 11) is 0. The van der Waals surface area contributed by atoms with Crippen molar-refractivity contribution in [3.63, 3.8) is 0 Å². The predicted molar refractivity (Wildman–Crippen MR) is 87.8 cm³/mol. The van der Waals surface area contributed by atoms with Crippen LogP contribution >= 0.6 is 0 Å². The van der Waals surface area contributed by atoms with Gasteiger partial charge in [0.1, 0.15) is 11.5 Å². The molecule has 0 unspecified atom stereocenters. The highest BCUT2D eigenvalue weighted by atomic mass is 19.1. The largest absolute Gasteiger partial charge is 0.320 e. The normalized spacial score (nSPS) is 10.5. The quantitative estimate of drug-likeness (QED) is 0.764. The Labute approximate surface area is 133 Å². The molecule has 0 saturated heterocycles. The third-order valence-corrected chi connectivity index (χ3v) is 3.61. The Balaban J connectivity index is 1.80. The standard InChI is InChI=1S/C18H16FN3O/c1-2-12-5-3-4-6-15(12)20-18(23)17-11-16(21-22-17)13-7-9-14(19)10-8-13/h3-11H,2H2,1H3,(H,20,23)(H,21,22). The van der Waals surface area contributed by atoms with Crippen molar-refractivity contribution < 1.29 is 9.18 Å². The van der Waals surface area contributed by atoms with Gasteiger partial charge in [0.15, 0.2) is 0 Å². The fourth-order valence-electron chi connectivity index (χ4n) is 2.35. The summed E-state index contributed by atoms with van der Waals surface area (Å²) in [5.41, 5.74) is 3.56. The molecule has 3 aromatic rings.